The topological polar surface area (TPSA) is 58.6 Å². The molecule has 0 radical (unpaired) electrons. The molecule has 1 saturated heterocycles. The van der Waals surface area contributed by atoms with Gasteiger partial charge in [0.1, 0.15) is 12.6 Å². The maximum atomic E-state index is 12.3. The number of benzene rings is 2. The quantitative estimate of drug-likeness (QED) is 0.874. The van der Waals surface area contributed by atoms with Gasteiger partial charge in [0.15, 0.2) is 0 Å². The maximum absolute atomic E-state index is 12.3. The average Bonchev–Trinajstić information content (AvgIpc) is 3.11. The summed E-state index contributed by atoms with van der Waals surface area (Å²) >= 11 is 0. The van der Waals surface area contributed by atoms with E-state index in [-0.39, 0.29) is 24.5 Å². The standard InChI is InChI=1S/C20H20N2O3/c1-13-4-6-14(7-5-13)12-25-20(24)15-8-9-17-16(11-15)21-19(23)18-3-2-10-22(17)18/h4-9,11,18H,2-3,10,12H2,1H3,(H,21,23)/t18-/m0/s1. The summed E-state index contributed by atoms with van der Waals surface area (Å²) in [6.45, 7) is 3.13. The van der Waals surface area contributed by atoms with Crippen molar-refractivity contribution in [1.29, 1.82) is 0 Å². The zero-order valence-corrected chi connectivity index (χ0v) is 14.1. The van der Waals surface area contributed by atoms with E-state index in [1.165, 1.54) is 5.56 Å². The van der Waals surface area contributed by atoms with E-state index in [0.717, 1.165) is 30.6 Å². The first-order valence-electron chi connectivity index (χ1n) is 8.56. The molecule has 2 aliphatic heterocycles. The highest BCUT2D eigenvalue weighted by molar-refractivity contribution is 6.05. The first kappa shape index (κ1) is 15.7. The molecule has 0 saturated carbocycles. The molecule has 0 aliphatic carbocycles. The molecule has 0 aromatic heterocycles. The number of nitrogens with zero attached hydrogens (tertiary/aromatic N) is 1. The van der Waals surface area contributed by atoms with Crippen molar-refractivity contribution in [3.63, 3.8) is 0 Å². The largest absolute Gasteiger partial charge is 0.457 e. The predicted octanol–water partition coefficient (Wildman–Crippen LogP) is 3.27. The van der Waals surface area contributed by atoms with Gasteiger partial charge >= 0.3 is 5.97 Å². The lowest BCUT2D eigenvalue weighted by molar-refractivity contribution is -0.117. The van der Waals surface area contributed by atoms with Gasteiger partial charge in [0.05, 0.1) is 16.9 Å². The first-order valence-corrected chi connectivity index (χ1v) is 8.56. The molecule has 25 heavy (non-hydrogen) atoms. The van der Waals surface area contributed by atoms with E-state index in [4.69, 9.17) is 4.74 Å². The number of hydrogen-bond acceptors (Lipinski definition) is 4. The van der Waals surface area contributed by atoms with Crippen LogP contribution in [-0.4, -0.2) is 24.5 Å². The minimum atomic E-state index is -0.388. The minimum absolute atomic E-state index is 0.00942. The molecule has 0 spiro atoms. The van der Waals surface area contributed by atoms with Crippen LogP contribution in [0, 0.1) is 6.92 Å². The summed E-state index contributed by atoms with van der Waals surface area (Å²) in [5.41, 5.74) is 4.24. The van der Waals surface area contributed by atoms with Crippen LogP contribution in [0.2, 0.25) is 0 Å². The molecule has 0 unspecified atom stereocenters. The number of fused-ring (bicyclic) bond motifs is 3. The fourth-order valence-electron chi connectivity index (χ4n) is 3.47. The van der Waals surface area contributed by atoms with Gasteiger partial charge in [-0.2, -0.15) is 0 Å². The predicted molar refractivity (Wildman–Crippen MR) is 95.7 cm³/mol. The second kappa shape index (κ2) is 6.24. The molecular formula is C20H20N2O3. The van der Waals surface area contributed by atoms with Crippen molar-refractivity contribution in [1.82, 2.24) is 0 Å². The molecule has 2 aliphatic rings. The number of hydrogen-bond donors (Lipinski definition) is 1. The number of esters is 1. The number of carbonyl (C=O) groups excluding carboxylic acids is 2. The summed E-state index contributed by atoms with van der Waals surface area (Å²) in [4.78, 5) is 26.6. The first-order chi connectivity index (χ1) is 12.1. The molecule has 2 heterocycles. The summed E-state index contributed by atoms with van der Waals surface area (Å²) in [7, 11) is 0. The van der Waals surface area contributed by atoms with E-state index in [1.807, 2.05) is 37.3 Å². The lowest BCUT2D eigenvalue weighted by Gasteiger charge is -2.33. The third-order valence-electron chi connectivity index (χ3n) is 4.85. The van der Waals surface area contributed by atoms with Crippen LogP contribution >= 0.6 is 0 Å². The van der Waals surface area contributed by atoms with Crippen LogP contribution in [0.3, 0.4) is 0 Å². The lowest BCUT2D eigenvalue weighted by atomic mass is 10.1. The minimum Gasteiger partial charge on any atom is -0.457 e. The van der Waals surface area contributed by atoms with Gasteiger partial charge in [0.2, 0.25) is 5.91 Å². The van der Waals surface area contributed by atoms with Crippen LogP contribution in [-0.2, 0) is 16.1 Å². The number of ether oxygens (including phenoxy) is 1. The van der Waals surface area contributed by atoms with E-state index < -0.39 is 0 Å². The molecule has 1 N–H and O–H groups in total. The van der Waals surface area contributed by atoms with E-state index >= 15 is 0 Å². The number of carbonyl (C=O) groups is 2. The maximum Gasteiger partial charge on any atom is 0.338 e. The van der Waals surface area contributed by atoms with Crippen LogP contribution in [0.5, 0.6) is 0 Å². The molecule has 2 aromatic rings. The molecule has 1 atom stereocenters. The summed E-state index contributed by atoms with van der Waals surface area (Å²) in [5.74, 6) is -0.378. The van der Waals surface area contributed by atoms with Crippen LogP contribution in [0.25, 0.3) is 0 Å². The SMILES string of the molecule is Cc1ccc(COC(=O)c2ccc3c(c2)NC(=O)[C@@H]2CCCN32)cc1. The van der Waals surface area contributed by atoms with Crippen LogP contribution in [0.15, 0.2) is 42.5 Å². The highest BCUT2D eigenvalue weighted by Gasteiger charge is 2.36. The van der Waals surface area contributed by atoms with E-state index in [1.54, 1.807) is 12.1 Å². The Hall–Kier alpha value is -2.82. The molecule has 1 fully saturated rings. The van der Waals surface area contributed by atoms with Gasteiger partial charge in [0, 0.05) is 6.54 Å². The van der Waals surface area contributed by atoms with Gasteiger partial charge in [-0.15, -0.1) is 0 Å². The van der Waals surface area contributed by atoms with E-state index in [2.05, 4.69) is 10.2 Å². The monoisotopic (exact) mass is 336 g/mol. The number of amides is 1. The second-order valence-electron chi connectivity index (χ2n) is 6.63. The van der Waals surface area contributed by atoms with Crippen molar-refractivity contribution >= 4 is 23.3 Å². The number of rotatable bonds is 3. The fourth-order valence-corrected chi connectivity index (χ4v) is 3.47. The zero-order valence-electron chi connectivity index (χ0n) is 14.1. The Bertz CT molecular complexity index is 829. The summed E-state index contributed by atoms with van der Waals surface area (Å²) in [6.07, 6.45) is 1.89. The molecule has 5 nitrogen and oxygen atoms in total. The highest BCUT2D eigenvalue weighted by Crippen LogP contribution is 2.37. The van der Waals surface area contributed by atoms with Crippen molar-refractivity contribution in [2.24, 2.45) is 0 Å². The molecule has 2 aromatic carbocycles. The van der Waals surface area contributed by atoms with Gasteiger partial charge in [-0.05, 0) is 43.5 Å². The third kappa shape index (κ3) is 2.97. The highest BCUT2D eigenvalue weighted by atomic mass is 16.5. The van der Waals surface area contributed by atoms with Crippen molar-refractivity contribution in [3.8, 4) is 0 Å². The average molecular weight is 336 g/mol. The van der Waals surface area contributed by atoms with E-state index in [9.17, 15) is 9.59 Å². The molecular weight excluding hydrogens is 316 g/mol. The van der Waals surface area contributed by atoms with Crippen LogP contribution in [0.4, 0.5) is 11.4 Å². The Balaban J connectivity index is 1.49. The normalized spacial score (nSPS) is 18.4. The number of nitrogens with one attached hydrogen (secondary N) is 1. The Kier molecular flexibility index (Phi) is 3.92. The van der Waals surface area contributed by atoms with Gasteiger partial charge in [-0.1, -0.05) is 29.8 Å². The fraction of sp³-hybridized carbons (Fsp3) is 0.300. The molecule has 5 heteroatoms. The number of anilines is 2. The van der Waals surface area contributed by atoms with Crippen molar-refractivity contribution < 1.29 is 14.3 Å². The Morgan fingerprint density at radius 3 is 2.84 bits per heavy atom. The van der Waals surface area contributed by atoms with Crippen LogP contribution < -0.4 is 10.2 Å². The summed E-state index contributed by atoms with van der Waals surface area (Å²) < 4.78 is 5.39. The second-order valence-corrected chi connectivity index (χ2v) is 6.63. The van der Waals surface area contributed by atoms with Gasteiger partial charge < -0.3 is 15.0 Å². The molecule has 4 rings (SSSR count). The molecule has 0 bridgehead atoms. The summed E-state index contributed by atoms with van der Waals surface area (Å²) in [5, 5.41) is 2.92. The van der Waals surface area contributed by atoms with Crippen molar-refractivity contribution in [2.75, 3.05) is 16.8 Å². The van der Waals surface area contributed by atoms with E-state index in [0.29, 0.717) is 11.3 Å². The Labute approximate surface area is 146 Å². The van der Waals surface area contributed by atoms with Gasteiger partial charge in [0.25, 0.3) is 0 Å². The van der Waals surface area contributed by atoms with Gasteiger partial charge in [-0.25, -0.2) is 4.79 Å². The lowest BCUT2D eigenvalue weighted by Crippen LogP contribution is -2.43. The molecule has 128 valence electrons. The Morgan fingerprint density at radius 2 is 2.04 bits per heavy atom. The zero-order chi connectivity index (χ0) is 17.4. The van der Waals surface area contributed by atoms with Crippen LogP contribution in [0.1, 0.15) is 34.3 Å². The summed E-state index contributed by atoms with van der Waals surface area (Å²) in [6, 6.07) is 13.2. The smallest absolute Gasteiger partial charge is 0.338 e. The Morgan fingerprint density at radius 1 is 1.24 bits per heavy atom. The number of aryl methyl sites for hydroxylation is 1. The third-order valence-corrected chi connectivity index (χ3v) is 4.85. The van der Waals surface area contributed by atoms with Crippen molar-refractivity contribution in [2.45, 2.75) is 32.4 Å². The van der Waals surface area contributed by atoms with Gasteiger partial charge in [-0.3, -0.25) is 4.79 Å². The van der Waals surface area contributed by atoms with Crippen molar-refractivity contribution in [3.05, 3.63) is 59.2 Å². The molecule has 1 amide bonds.